The van der Waals surface area contributed by atoms with Crippen molar-refractivity contribution >= 4 is 5.97 Å². The molecule has 0 aliphatic rings. The van der Waals surface area contributed by atoms with E-state index in [2.05, 4.69) is 50.3 Å². The number of rotatable bonds is 8. The molecule has 0 aliphatic heterocycles. The molecule has 0 aliphatic carbocycles. The van der Waals surface area contributed by atoms with Gasteiger partial charge in [-0.3, -0.25) is 4.79 Å². The lowest BCUT2D eigenvalue weighted by Gasteiger charge is -2.29. The van der Waals surface area contributed by atoms with E-state index in [1.165, 1.54) is 12.7 Å². The third-order valence-corrected chi connectivity index (χ3v) is 4.25. The standard InChI is InChI=1S/C19H28O2/c1-5-7-9-14-17(16-12-10-8-11-13-16)15-19(3,6-2)18(20)21-4/h7-13,17H,5-6,14-15H2,1-4H3/b9-7-. The van der Waals surface area contributed by atoms with Crippen molar-refractivity contribution in [3.63, 3.8) is 0 Å². The lowest BCUT2D eigenvalue weighted by atomic mass is 9.75. The number of ether oxygens (including phenoxy) is 1. The Morgan fingerprint density at radius 2 is 1.90 bits per heavy atom. The van der Waals surface area contributed by atoms with E-state index in [9.17, 15) is 4.79 Å². The van der Waals surface area contributed by atoms with Crippen LogP contribution in [-0.4, -0.2) is 13.1 Å². The largest absolute Gasteiger partial charge is 0.469 e. The van der Waals surface area contributed by atoms with Gasteiger partial charge in [-0.25, -0.2) is 0 Å². The number of esters is 1. The number of carbonyl (C=O) groups excluding carboxylic acids is 1. The van der Waals surface area contributed by atoms with Gasteiger partial charge < -0.3 is 4.74 Å². The van der Waals surface area contributed by atoms with Gasteiger partial charge in [-0.05, 0) is 44.1 Å². The maximum atomic E-state index is 12.1. The molecule has 1 rings (SSSR count). The molecule has 1 aromatic carbocycles. The lowest BCUT2D eigenvalue weighted by Crippen LogP contribution is -2.30. The van der Waals surface area contributed by atoms with Crippen molar-refractivity contribution in [1.29, 1.82) is 0 Å². The van der Waals surface area contributed by atoms with Crippen LogP contribution >= 0.6 is 0 Å². The minimum atomic E-state index is -0.421. The summed E-state index contributed by atoms with van der Waals surface area (Å²) in [6, 6.07) is 10.5. The van der Waals surface area contributed by atoms with Crippen LogP contribution in [0.15, 0.2) is 42.5 Å². The fraction of sp³-hybridized carbons (Fsp3) is 0.526. The van der Waals surface area contributed by atoms with Crippen LogP contribution in [0.1, 0.15) is 57.9 Å². The Labute approximate surface area is 129 Å². The van der Waals surface area contributed by atoms with Gasteiger partial charge in [0.05, 0.1) is 12.5 Å². The molecule has 2 atom stereocenters. The fourth-order valence-electron chi connectivity index (χ4n) is 2.65. The highest BCUT2D eigenvalue weighted by Gasteiger charge is 2.35. The molecule has 0 fully saturated rings. The molecule has 2 unspecified atom stereocenters. The number of methoxy groups -OCH3 is 1. The number of hydrogen-bond donors (Lipinski definition) is 0. The van der Waals surface area contributed by atoms with Crippen molar-refractivity contribution in [1.82, 2.24) is 0 Å². The first-order valence-electron chi connectivity index (χ1n) is 7.85. The van der Waals surface area contributed by atoms with Crippen LogP contribution in [0.4, 0.5) is 0 Å². The van der Waals surface area contributed by atoms with E-state index in [0.29, 0.717) is 5.92 Å². The van der Waals surface area contributed by atoms with E-state index in [1.807, 2.05) is 13.0 Å². The second-order valence-electron chi connectivity index (χ2n) is 5.83. The third-order valence-electron chi connectivity index (χ3n) is 4.25. The number of allylic oxidation sites excluding steroid dienone is 2. The van der Waals surface area contributed by atoms with E-state index in [0.717, 1.165) is 25.7 Å². The van der Waals surface area contributed by atoms with Gasteiger partial charge in [-0.15, -0.1) is 0 Å². The zero-order chi connectivity index (χ0) is 15.7. The molecule has 0 heterocycles. The molecule has 0 radical (unpaired) electrons. The third kappa shape index (κ3) is 5.04. The Morgan fingerprint density at radius 1 is 1.24 bits per heavy atom. The maximum Gasteiger partial charge on any atom is 0.311 e. The summed E-state index contributed by atoms with van der Waals surface area (Å²) in [5.41, 5.74) is 0.872. The van der Waals surface area contributed by atoms with Gasteiger partial charge in [0, 0.05) is 0 Å². The van der Waals surface area contributed by atoms with Crippen LogP contribution in [0.25, 0.3) is 0 Å². The summed E-state index contributed by atoms with van der Waals surface area (Å²) in [7, 11) is 1.48. The summed E-state index contributed by atoms with van der Waals surface area (Å²) in [6.07, 6.45) is 8.03. The lowest BCUT2D eigenvalue weighted by molar-refractivity contribution is -0.152. The fourth-order valence-corrected chi connectivity index (χ4v) is 2.65. The first kappa shape index (κ1) is 17.5. The van der Waals surface area contributed by atoms with Crippen LogP contribution < -0.4 is 0 Å². The van der Waals surface area contributed by atoms with Gasteiger partial charge in [-0.1, -0.05) is 56.3 Å². The summed E-state index contributed by atoms with van der Waals surface area (Å²) in [4.78, 5) is 12.1. The Balaban J connectivity index is 2.96. The molecule has 2 nitrogen and oxygen atoms in total. The van der Waals surface area contributed by atoms with Gasteiger partial charge >= 0.3 is 5.97 Å². The van der Waals surface area contributed by atoms with Crippen LogP contribution in [0.2, 0.25) is 0 Å². The molecule has 0 N–H and O–H groups in total. The predicted molar refractivity (Wildman–Crippen MR) is 88.3 cm³/mol. The molecule has 0 aromatic heterocycles. The van der Waals surface area contributed by atoms with E-state index in [4.69, 9.17) is 4.74 Å². The molecule has 0 bridgehead atoms. The number of benzene rings is 1. The molecule has 0 saturated carbocycles. The molecule has 0 amide bonds. The van der Waals surface area contributed by atoms with Crippen molar-refractivity contribution in [2.75, 3.05) is 7.11 Å². The van der Waals surface area contributed by atoms with Crippen molar-refractivity contribution < 1.29 is 9.53 Å². The van der Waals surface area contributed by atoms with Crippen molar-refractivity contribution in [3.05, 3.63) is 48.0 Å². The maximum absolute atomic E-state index is 12.1. The number of hydrogen-bond acceptors (Lipinski definition) is 2. The summed E-state index contributed by atoms with van der Waals surface area (Å²) in [5.74, 6) is 0.239. The summed E-state index contributed by atoms with van der Waals surface area (Å²) < 4.78 is 5.01. The predicted octanol–water partition coefficient (Wildman–Crippen LogP) is 5.11. The van der Waals surface area contributed by atoms with Gasteiger partial charge in [0.1, 0.15) is 0 Å². The second kappa shape index (κ2) is 8.66. The van der Waals surface area contributed by atoms with E-state index < -0.39 is 5.41 Å². The van der Waals surface area contributed by atoms with E-state index in [-0.39, 0.29) is 5.97 Å². The Bertz CT molecular complexity index is 450. The average Bonchev–Trinajstić information content (AvgIpc) is 2.54. The van der Waals surface area contributed by atoms with Crippen molar-refractivity contribution in [3.8, 4) is 0 Å². The van der Waals surface area contributed by atoms with E-state index in [1.54, 1.807) is 0 Å². The highest BCUT2D eigenvalue weighted by atomic mass is 16.5. The van der Waals surface area contributed by atoms with Crippen LogP contribution in [0, 0.1) is 5.41 Å². The quantitative estimate of drug-likeness (QED) is 0.491. The molecule has 21 heavy (non-hydrogen) atoms. The molecule has 0 spiro atoms. The zero-order valence-electron chi connectivity index (χ0n) is 13.8. The topological polar surface area (TPSA) is 26.3 Å². The summed E-state index contributed by atoms with van der Waals surface area (Å²) in [5, 5.41) is 0. The van der Waals surface area contributed by atoms with Gasteiger partial charge in [0.15, 0.2) is 0 Å². The highest BCUT2D eigenvalue weighted by Crippen LogP contribution is 2.37. The minimum absolute atomic E-state index is 0.106. The molecule has 1 aromatic rings. The normalized spacial score (nSPS) is 15.6. The SMILES string of the molecule is CC/C=C\CC(CC(C)(CC)C(=O)OC)c1ccccc1. The second-order valence-corrected chi connectivity index (χ2v) is 5.83. The summed E-state index contributed by atoms with van der Waals surface area (Å²) >= 11 is 0. The van der Waals surface area contributed by atoms with Gasteiger partial charge in [0.25, 0.3) is 0 Å². The molecule has 116 valence electrons. The van der Waals surface area contributed by atoms with Crippen molar-refractivity contribution in [2.24, 2.45) is 5.41 Å². The smallest absolute Gasteiger partial charge is 0.311 e. The van der Waals surface area contributed by atoms with E-state index >= 15 is 0 Å². The van der Waals surface area contributed by atoms with Gasteiger partial charge in [0.2, 0.25) is 0 Å². The first-order chi connectivity index (χ1) is 10.1. The van der Waals surface area contributed by atoms with Crippen LogP contribution in [-0.2, 0) is 9.53 Å². The molecular weight excluding hydrogens is 260 g/mol. The zero-order valence-corrected chi connectivity index (χ0v) is 13.8. The molecular formula is C19H28O2. The monoisotopic (exact) mass is 288 g/mol. The average molecular weight is 288 g/mol. The Kier molecular flexibility index (Phi) is 7.21. The summed E-state index contributed by atoms with van der Waals surface area (Å²) in [6.45, 7) is 6.21. The van der Waals surface area contributed by atoms with Gasteiger partial charge in [-0.2, -0.15) is 0 Å². The molecule has 2 heteroatoms. The minimum Gasteiger partial charge on any atom is -0.469 e. The number of carbonyl (C=O) groups is 1. The Morgan fingerprint density at radius 3 is 2.43 bits per heavy atom. The first-order valence-corrected chi connectivity index (χ1v) is 7.85. The van der Waals surface area contributed by atoms with Crippen LogP contribution in [0.3, 0.4) is 0 Å². The van der Waals surface area contributed by atoms with Crippen LogP contribution in [0.5, 0.6) is 0 Å². The van der Waals surface area contributed by atoms with Crippen molar-refractivity contribution in [2.45, 2.75) is 52.4 Å². The highest BCUT2D eigenvalue weighted by molar-refractivity contribution is 5.76. The molecule has 0 saturated heterocycles. The Hall–Kier alpha value is -1.57.